The number of Topliss-reactive ketones (excluding diaryl/α,β-unsaturated/α-hetero) is 1. The zero-order valence-electron chi connectivity index (χ0n) is 32.0. The highest BCUT2D eigenvalue weighted by Crippen LogP contribution is 2.42. The van der Waals surface area contributed by atoms with Gasteiger partial charge in [-0.2, -0.15) is 27.0 Å². The highest BCUT2D eigenvalue weighted by Gasteiger charge is 2.65. The van der Waals surface area contributed by atoms with Crippen molar-refractivity contribution in [3.63, 3.8) is 0 Å². The number of carboxylic acid groups (broad SMARTS) is 1. The first-order valence-corrected chi connectivity index (χ1v) is 20.4. The molecule has 0 radical (unpaired) electrons. The molecular formula is C40H44F4N6O8S. The summed E-state index contributed by atoms with van der Waals surface area (Å²) in [6.45, 7) is 1.57. The summed E-state index contributed by atoms with van der Waals surface area (Å²) < 4.78 is 95.1. The number of carbonyl (C=O) groups excluding carboxylic acids is 2. The molecule has 14 nitrogen and oxygen atoms in total. The number of amides is 1. The molecule has 1 saturated heterocycles. The number of sulfonamides is 1. The predicted molar refractivity (Wildman–Crippen MR) is 206 cm³/mol. The number of nitrogens with one attached hydrogen (secondary N) is 2. The van der Waals surface area contributed by atoms with E-state index in [1.165, 1.54) is 35.7 Å². The molecule has 1 amide bonds. The summed E-state index contributed by atoms with van der Waals surface area (Å²) >= 11 is 0. The minimum atomic E-state index is -5.45. The van der Waals surface area contributed by atoms with Gasteiger partial charge in [-0.05, 0) is 97.7 Å². The van der Waals surface area contributed by atoms with E-state index in [1.807, 2.05) is 12.1 Å². The summed E-state index contributed by atoms with van der Waals surface area (Å²) in [5, 5.41) is 16.6. The number of methoxy groups -OCH3 is 1. The van der Waals surface area contributed by atoms with Crippen LogP contribution in [0.2, 0.25) is 0 Å². The molecule has 0 bridgehead atoms. The summed E-state index contributed by atoms with van der Waals surface area (Å²) in [7, 11) is -2.48. The third kappa shape index (κ3) is 9.48. The SMILES string of the molecule is COc1ccc(-c2ccc(C[C@H](CC(=O)C3CCC(CN)CC3)C(=O)Nc3ccc(-c4n[nH]c(C(F)(F)C(F)(F)C(=O)O)n4)cc3)cc2)cc1S(=O)(=O)N1CCOCC1. The normalized spacial score (nSPS) is 18.5. The molecule has 316 valence electrons. The van der Waals surface area contributed by atoms with Crippen LogP contribution in [0.25, 0.3) is 22.5 Å². The van der Waals surface area contributed by atoms with Crippen molar-refractivity contribution < 1.29 is 54.9 Å². The number of anilines is 1. The maximum absolute atomic E-state index is 14.3. The van der Waals surface area contributed by atoms with Crippen LogP contribution >= 0.6 is 0 Å². The van der Waals surface area contributed by atoms with Gasteiger partial charge >= 0.3 is 17.8 Å². The molecule has 2 aliphatic rings. The Labute approximate surface area is 337 Å². The van der Waals surface area contributed by atoms with Crippen molar-refractivity contribution in [3.8, 4) is 28.3 Å². The van der Waals surface area contributed by atoms with Crippen molar-refractivity contribution in [1.29, 1.82) is 0 Å². The second-order valence-corrected chi connectivity index (χ2v) is 16.5. The van der Waals surface area contributed by atoms with Gasteiger partial charge in [0.1, 0.15) is 16.4 Å². The van der Waals surface area contributed by atoms with Crippen LogP contribution in [0, 0.1) is 17.8 Å². The number of ketones is 1. The third-order valence-electron chi connectivity index (χ3n) is 10.8. The molecule has 5 N–H and O–H groups in total. The van der Waals surface area contributed by atoms with Crippen LogP contribution in [0.5, 0.6) is 5.75 Å². The van der Waals surface area contributed by atoms with Crippen LogP contribution in [0.4, 0.5) is 23.2 Å². The van der Waals surface area contributed by atoms with E-state index in [-0.39, 0.29) is 72.7 Å². The van der Waals surface area contributed by atoms with Crippen molar-refractivity contribution in [2.75, 3.05) is 45.3 Å². The van der Waals surface area contributed by atoms with E-state index in [0.717, 1.165) is 18.4 Å². The predicted octanol–water partition coefficient (Wildman–Crippen LogP) is 5.50. The average molecular weight is 845 g/mol. The molecule has 1 saturated carbocycles. The molecule has 1 aromatic heterocycles. The van der Waals surface area contributed by atoms with Gasteiger partial charge in [0.15, 0.2) is 5.82 Å². The first-order chi connectivity index (χ1) is 28.0. The van der Waals surface area contributed by atoms with Gasteiger partial charge in [-0.1, -0.05) is 30.3 Å². The molecule has 6 rings (SSSR count). The van der Waals surface area contributed by atoms with E-state index >= 15 is 0 Å². The highest BCUT2D eigenvalue weighted by atomic mass is 32.2. The maximum Gasteiger partial charge on any atom is 0.411 e. The molecule has 1 aliphatic heterocycles. The number of H-pyrrole nitrogens is 1. The van der Waals surface area contributed by atoms with Gasteiger partial charge in [-0.3, -0.25) is 14.7 Å². The largest absolute Gasteiger partial charge is 0.495 e. The molecule has 1 atom stereocenters. The van der Waals surface area contributed by atoms with Gasteiger partial charge in [-0.15, -0.1) is 0 Å². The van der Waals surface area contributed by atoms with Crippen molar-refractivity contribution in [2.45, 2.75) is 55.3 Å². The number of benzene rings is 3. The number of morpholine rings is 1. The van der Waals surface area contributed by atoms with Crippen molar-refractivity contribution in [2.24, 2.45) is 23.5 Å². The van der Waals surface area contributed by atoms with Gasteiger partial charge < -0.3 is 25.6 Å². The third-order valence-corrected chi connectivity index (χ3v) is 12.8. The van der Waals surface area contributed by atoms with Crippen LogP contribution in [-0.2, 0) is 41.5 Å². The van der Waals surface area contributed by atoms with E-state index in [0.29, 0.717) is 36.4 Å². The van der Waals surface area contributed by atoms with Crippen molar-refractivity contribution in [3.05, 3.63) is 78.1 Å². The highest BCUT2D eigenvalue weighted by molar-refractivity contribution is 7.89. The summed E-state index contributed by atoms with van der Waals surface area (Å²) in [5.74, 6) is -16.7. The lowest BCUT2D eigenvalue weighted by molar-refractivity contribution is -0.231. The molecule has 0 spiro atoms. The molecule has 2 fully saturated rings. The Morgan fingerprint density at radius 3 is 2.20 bits per heavy atom. The van der Waals surface area contributed by atoms with Crippen LogP contribution in [0.15, 0.2) is 71.6 Å². The summed E-state index contributed by atoms with van der Waals surface area (Å²) in [6.07, 6.45) is 3.15. The quantitative estimate of drug-likeness (QED) is 0.104. The van der Waals surface area contributed by atoms with E-state index in [9.17, 15) is 40.4 Å². The van der Waals surface area contributed by atoms with E-state index in [4.69, 9.17) is 20.3 Å². The Morgan fingerprint density at radius 1 is 0.966 bits per heavy atom. The first kappa shape index (κ1) is 43.3. The monoisotopic (exact) mass is 844 g/mol. The van der Waals surface area contributed by atoms with Gasteiger partial charge in [0, 0.05) is 42.6 Å². The fourth-order valence-electron chi connectivity index (χ4n) is 7.25. The number of hydrogen-bond acceptors (Lipinski definition) is 10. The first-order valence-electron chi connectivity index (χ1n) is 19.0. The number of nitrogens with zero attached hydrogens (tertiary/aromatic N) is 3. The smallest absolute Gasteiger partial charge is 0.411 e. The second-order valence-electron chi connectivity index (χ2n) is 14.6. The molecule has 1 aliphatic carbocycles. The lowest BCUT2D eigenvalue weighted by Crippen LogP contribution is -2.45. The number of aromatic nitrogens is 3. The van der Waals surface area contributed by atoms with Crippen LogP contribution in [0.1, 0.15) is 43.5 Å². The second kappa shape index (κ2) is 17.9. The standard InChI is InChI=1S/C40H44F4N6O8S/c1-57-33-15-12-29(22-34(33)59(55,56)50-16-18-58-19-17-50)26-6-2-24(3-7-26)20-30(21-32(51)27-8-4-25(23-45)5-9-27)36(52)46-31-13-10-28(11-14-31)35-47-37(49-48-35)39(41,42)40(43,44)38(53)54/h2-3,6-7,10-15,22,25,27,30H,4-5,8-9,16-21,23,45H2,1H3,(H,46,52)(H,53,54)(H,47,48,49)/t25?,27?,30-/m1/s1. The number of carbonyl (C=O) groups is 3. The fourth-order valence-corrected chi connectivity index (χ4v) is 8.84. The van der Waals surface area contributed by atoms with Gasteiger partial charge in [-0.25, -0.2) is 18.2 Å². The number of ether oxygens (including phenoxy) is 2. The molecule has 0 unspecified atom stereocenters. The Bertz CT molecular complexity index is 2240. The number of aliphatic carboxylic acids is 1. The van der Waals surface area contributed by atoms with Gasteiger partial charge in [0.25, 0.3) is 0 Å². The van der Waals surface area contributed by atoms with E-state index < -0.39 is 51.3 Å². The molecule has 3 aromatic carbocycles. The Kier molecular flexibility index (Phi) is 13.2. The topological polar surface area (TPSA) is 207 Å². The Hall–Kier alpha value is -5.24. The fraction of sp³-hybridized carbons (Fsp3) is 0.425. The lowest BCUT2D eigenvalue weighted by Gasteiger charge is -2.27. The summed E-state index contributed by atoms with van der Waals surface area (Å²) in [6, 6.07) is 17.7. The summed E-state index contributed by atoms with van der Waals surface area (Å²) in [5.41, 5.74) is 8.29. The Balaban J connectivity index is 1.19. The summed E-state index contributed by atoms with van der Waals surface area (Å²) in [4.78, 5) is 41.6. The van der Waals surface area contributed by atoms with Crippen LogP contribution < -0.4 is 15.8 Å². The zero-order valence-corrected chi connectivity index (χ0v) is 32.8. The number of rotatable bonds is 16. The number of alkyl halides is 4. The molecule has 59 heavy (non-hydrogen) atoms. The zero-order chi connectivity index (χ0) is 42.5. The molecular weight excluding hydrogens is 801 g/mol. The molecule has 4 aromatic rings. The molecule has 19 heteroatoms. The minimum Gasteiger partial charge on any atom is -0.495 e. The maximum atomic E-state index is 14.3. The van der Waals surface area contributed by atoms with Crippen LogP contribution in [-0.4, -0.2) is 96.6 Å². The number of halogens is 4. The number of aromatic amines is 1. The van der Waals surface area contributed by atoms with Gasteiger partial charge in [0.05, 0.1) is 20.3 Å². The molecule has 2 heterocycles. The lowest BCUT2D eigenvalue weighted by atomic mass is 9.77. The minimum absolute atomic E-state index is 0.0274. The van der Waals surface area contributed by atoms with Crippen molar-refractivity contribution in [1.82, 2.24) is 19.5 Å². The van der Waals surface area contributed by atoms with Crippen molar-refractivity contribution >= 4 is 33.4 Å². The number of hydrogen-bond donors (Lipinski definition) is 4. The Morgan fingerprint density at radius 2 is 1.59 bits per heavy atom. The van der Waals surface area contributed by atoms with Gasteiger partial charge in [0.2, 0.25) is 21.8 Å². The number of nitrogens with two attached hydrogens (primary N) is 1. The number of carboxylic acids is 1. The average Bonchev–Trinajstić information content (AvgIpc) is 3.75. The van der Waals surface area contributed by atoms with E-state index in [2.05, 4.69) is 15.4 Å². The van der Waals surface area contributed by atoms with Crippen LogP contribution in [0.3, 0.4) is 0 Å². The van der Waals surface area contributed by atoms with E-state index in [1.54, 1.807) is 35.4 Å².